The first kappa shape index (κ1) is 17.8. The van der Waals surface area contributed by atoms with Gasteiger partial charge in [-0.15, -0.1) is 0 Å². The van der Waals surface area contributed by atoms with Crippen molar-refractivity contribution in [2.24, 2.45) is 0 Å². The van der Waals surface area contributed by atoms with Crippen molar-refractivity contribution in [2.75, 3.05) is 26.1 Å². The number of anilines is 1. The molecule has 24 heavy (non-hydrogen) atoms. The fourth-order valence-electron chi connectivity index (χ4n) is 1.93. The van der Waals surface area contributed by atoms with Crippen molar-refractivity contribution in [3.8, 4) is 11.5 Å². The van der Waals surface area contributed by atoms with Crippen molar-refractivity contribution in [3.05, 3.63) is 52.5 Å². The number of benzene rings is 2. The van der Waals surface area contributed by atoms with E-state index in [1.807, 2.05) is 6.07 Å². The number of rotatable bonds is 6. The van der Waals surface area contributed by atoms with Gasteiger partial charge < -0.3 is 19.5 Å². The van der Waals surface area contributed by atoms with E-state index in [1.165, 1.54) is 20.3 Å². The lowest BCUT2D eigenvalue weighted by atomic mass is 10.2. The highest BCUT2D eigenvalue weighted by molar-refractivity contribution is 9.10. The number of nitrogens with one attached hydrogen (secondary N) is 1. The number of hydrogen-bond donors (Lipinski definition) is 1. The molecule has 0 aromatic heterocycles. The Kier molecular flexibility index (Phi) is 6.20. The molecule has 2 aromatic carbocycles. The van der Waals surface area contributed by atoms with E-state index >= 15 is 0 Å². The van der Waals surface area contributed by atoms with Crippen molar-refractivity contribution in [1.29, 1.82) is 0 Å². The number of carbonyl (C=O) groups excluding carboxylic acids is 2. The van der Waals surface area contributed by atoms with Gasteiger partial charge in [-0.2, -0.15) is 0 Å². The van der Waals surface area contributed by atoms with E-state index in [4.69, 9.17) is 14.2 Å². The van der Waals surface area contributed by atoms with Gasteiger partial charge in [0.05, 0.1) is 19.9 Å². The number of hydrogen-bond acceptors (Lipinski definition) is 5. The fraction of sp³-hybridized carbons (Fsp3) is 0.176. The molecule has 0 saturated carbocycles. The van der Waals surface area contributed by atoms with Gasteiger partial charge in [0.2, 0.25) is 0 Å². The normalized spacial score (nSPS) is 9.96. The molecular weight excluding hydrogens is 378 g/mol. The Morgan fingerprint density at radius 3 is 2.50 bits per heavy atom. The smallest absolute Gasteiger partial charge is 0.342 e. The van der Waals surface area contributed by atoms with Gasteiger partial charge in [0.25, 0.3) is 5.91 Å². The van der Waals surface area contributed by atoms with Gasteiger partial charge in [0, 0.05) is 4.47 Å². The molecule has 0 bridgehead atoms. The number of amides is 1. The quantitative estimate of drug-likeness (QED) is 0.762. The second-order valence-electron chi connectivity index (χ2n) is 4.67. The van der Waals surface area contributed by atoms with Crippen molar-refractivity contribution < 1.29 is 23.8 Å². The van der Waals surface area contributed by atoms with Crippen LogP contribution in [0.3, 0.4) is 0 Å². The van der Waals surface area contributed by atoms with E-state index < -0.39 is 18.5 Å². The maximum absolute atomic E-state index is 12.2. The molecule has 0 unspecified atom stereocenters. The molecule has 0 atom stereocenters. The molecule has 0 heterocycles. The molecule has 6 nitrogen and oxygen atoms in total. The van der Waals surface area contributed by atoms with Gasteiger partial charge in [-0.05, 0) is 46.3 Å². The summed E-state index contributed by atoms with van der Waals surface area (Å²) < 4.78 is 16.0. The predicted molar refractivity (Wildman–Crippen MR) is 92.6 cm³/mol. The van der Waals surface area contributed by atoms with Crippen molar-refractivity contribution in [3.63, 3.8) is 0 Å². The van der Waals surface area contributed by atoms with Crippen molar-refractivity contribution in [2.45, 2.75) is 0 Å². The van der Waals surface area contributed by atoms with E-state index in [0.717, 1.165) is 4.47 Å². The number of carbonyl (C=O) groups is 2. The average molecular weight is 394 g/mol. The van der Waals surface area contributed by atoms with Crippen LogP contribution in [0.4, 0.5) is 5.69 Å². The molecule has 0 aliphatic heterocycles. The molecule has 126 valence electrons. The molecular formula is C17H16BrNO5. The zero-order valence-corrected chi connectivity index (χ0v) is 14.8. The minimum atomic E-state index is -0.673. The summed E-state index contributed by atoms with van der Waals surface area (Å²) >= 11 is 3.32. The van der Waals surface area contributed by atoms with Crippen LogP contribution in [0.2, 0.25) is 0 Å². The van der Waals surface area contributed by atoms with Crippen molar-refractivity contribution in [1.82, 2.24) is 0 Å². The molecule has 0 fully saturated rings. The summed E-state index contributed by atoms with van der Waals surface area (Å²) in [6, 6.07) is 11.9. The molecule has 7 heteroatoms. The van der Waals surface area contributed by atoms with E-state index in [1.54, 1.807) is 30.3 Å². The van der Waals surface area contributed by atoms with E-state index in [0.29, 0.717) is 17.2 Å². The number of para-hydroxylation sites is 1. The third kappa shape index (κ3) is 4.48. The highest BCUT2D eigenvalue weighted by Crippen LogP contribution is 2.25. The molecule has 2 rings (SSSR count). The Morgan fingerprint density at radius 2 is 1.83 bits per heavy atom. The standard InChI is InChI=1S/C17H16BrNO5/c1-22-11-7-8-15(23-2)12(9-11)17(21)24-10-16(20)19-14-6-4-3-5-13(14)18/h3-9H,10H2,1-2H3,(H,19,20). The molecule has 1 amide bonds. The number of methoxy groups -OCH3 is 2. The summed E-state index contributed by atoms with van der Waals surface area (Å²) in [5.41, 5.74) is 0.781. The Hall–Kier alpha value is -2.54. The summed E-state index contributed by atoms with van der Waals surface area (Å²) in [4.78, 5) is 24.1. The minimum Gasteiger partial charge on any atom is -0.497 e. The third-order valence-electron chi connectivity index (χ3n) is 3.11. The van der Waals surface area contributed by atoms with Crippen molar-refractivity contribution >= 4 is 33.5 Å². The maximum Gasteiger partial charge on any atom is 0.342 e. The van der Waals surface area contributed by atoms with Crippen LogP contribution in [-0.4, -0.2) is 32.7 Å². The Balaban J connectivity index is 2.00. The number of ether oxygens (including phenoxy) is 3. The first-order chi connectivity index (χ1) is 11.5. The maximum atomic E-state index is 12.2. The van der Waals surface area contributed by atoms with Crippen LogP contribution < -0.4 is 14.8 Å². The molecule has 0 aliphatic carbocycles. The van der Waals surface area contributed by atoms with Crippen LogP contribution in [0.1, 0.15) is 10.4 Å². The predicted octanol–water partition coefficient (Wildman–Crippen LogP) is 3.26. The highest BCUT2D eigenvalue weighted by atomic mass is 79.9. The summed E-state index contributed by atoms with van der Waals surface area (Å²) in [7, 11) is 2.93. The van der Waals surface area contributed by atoms with Crippen LogP contribution in [0.15, 0.2) is 46.9 Å². The van der Waals surface area contributed by atoms with Crippen LogP contribution in [0.5, 0.6) is 11.5 Å². The molecule has 0 aliphatic rings. The first-order valence-electron chi connectivity index (χ1n) is 6.98. The van der Waals surface area contributed by atoms with Gasteiger partial charge in [-0.3, -0.25) is 4.79 Å². The van der Waals surface area contributed by atoms with E-state index in [-0.39, 0.29) is 5.56 Å². The van der Waals surface area contributed by atoms with Gasteiger partial charge in [0.15, 0.2) is 6.61 Å². The zero-order chi connectivity index (χ0) is 17.5. The second-order valence-corrected chi connectivity index (χ2v) is 5.52. The molecule has 0 radical (unpaired) electrons. The SMILES string of the molecule is COc1ccc(OC)c(C(=O)OCC(=O)Nc2ccccc2Br)c1. The lowest BCUT2D eigenvalue weighted by Crippen LogP contribution is -2.21. The molecule has 0 spiro atoms. The van der Waals surface area contributed by atoms with Gasteiger partial charge >= 0.3 is 5.97 Å². The van der Waals surface area contributed by atoms with Gasteiger partial charge in [-0.25, -0.2) is 4.79 Å². The summed E-state index contributed by atoms with van der Waals surface area (Å²) in [5.74, 6) is -0.294. The summed E-state index contributed by atoms with van der Waals surface area (Å²) in [6.45, 7) is -0.416. The Bertz CT molecular complexity index is 748. The van der Waals surface area contributed by atoms with Crippen LogP contribution in [0, 0.1) is 0 Å². The fourth-order valence-corrected chi connectivity index (χ4v) is 2.32. The van der Waals surface area contributed by atoms with Crippen LogP contribution in [0.25, 0.3) is 0 Å². The monoisotopic (exact) mass is 393 g/mol. The largest absolute Gasteiger partial charge is 0.497 e. The summed E-state index contributed by atoms with van der Waals surface area (Å²) in [5, 5.41) is 2.65. The van der Waals surface area contributed by atoms with E-state index in [2.05, 4.69) is 21.2 Å². The van der Waals surface area contributed by atoms with Crippen LogP contribution >= 0.6 is 15.9 Å². The average Bonchev–Trinajstić information content (AvgIpc) is 2.61. The minimum absolute atomic E-state index is 0.186. The topological polar surface area (TPSA) is 73.9 Å². The third-order valence-corrected chi connectivity index (χ3v) is 3.80. The number of esters is 1. The van der Waals surface area contributed by atoms with E-state index in [9.17, 15) is 9.59 Å². The molecule has 0 saturated heterocycles. The second kappa shape index (κ2) is 8.35. The lowest BCUT2D eigenvalue weighted by molar-refractivity contribution is -0.119. The summed E-state index contributed by atoms with van der Waals surface area (Å²) in [6.07, 6.45) is 0. The first-order valence-corrected chi connectivity index (χ1v) is 7.78. The highest BCUT2D eigenvalue weighted by Gasteiger charge is 2.17. The number of halogens is 1. The molecule has 2 aromatic rings. The van der Waals surface area contributed by atoms with Gasteiger partial charge in [-0.1, -0.05) is 12.1 Å². The Morgan fingerprint density at radius 1 is 1.08 bits per heavy atom. The van der Waals surface area contributed by atoms with Gasteiger partial charge in [0.1, 0.15) is 17.1 Å². The zero-order valence-electron chi connectivity index (χ0n) is 13.2. The Labute approximate surface area is 147 Å². The lowest BCUT2D eigenvalue weighted by Gasteiger charge is -2.11. The van der Waals surface area contributed by atoms with Crippen LogP contribution in [-0.2, 0) is 9.53 Å². The molecule has 1 N–H and O–H groups in total.